The number of hydrogen-bond acceptors (Lipinski definition) is 4. The molecule has 1 N–H and O–H groups in total. The maximum atomic E-state index is 5.05. The van der Waals surface area contributed by atoms with Gasteiger partial charge in [-0.25, -0.2) is 0 Å². The minimum atomic E-state index is 0.513. The molecule has 10 heavy (non-hydrogen) atoms. The molecule has 0 aliphatic heterocycles. The Labute approximate surface area is 59.6 Å². The van der Waals surface area contributed by atoms with Gasteiger partial charge < -0.3 is 9.73 Å². The Morgan fingerprint density at radius 3 is 2.80 bits per heavy atom. The average Bonchev–Trinajstić information content (AvgIpc) is 2.31. The number of nitrogens with zero attached hydrogens (tertiary/aromatic N) is 2. The van der Waals surface area contributed by atoms with Gasteiger partial charge in [0.2, 0.25) is 5.89 Å². The van der Waals surface area contributed by atoms with Crippen molar-refractivity contribution in [1.29, 1.82) is 0 Å². The zero-order chi connectivity index (χ0) is 7.40. The Hall–Kier alpha value is -1.06. The molecule has 4 nitrogen and oxygen atoms in total. The molecule has 56 valence electrons. The van der Waals surface area contributed by atoms with E-state index in [1.54, 1.807) is 6.92 Å². The van der Waals surface area contributed by atoms with Gasteiger partial charge in [0.05, 0.1) is 0 Å². The molecule has 0 amide bonds. The summed E-state index contributed by atoms with van der Waals surface area (Å²) >= 11 is 0. The van der Waals surface area contributed by atoms with Gasteiger partial charge in [-0.2, -0.15) is 0 Å². The minimum absolute atomic E-state index is 0.513. The monoisotopic (exact) mass is 141 g/mol. The van der Waals surface area contributed by atoms with Gasteiger partial charge in [-0.05, 0) is 6.42 Å². The highest BCUT2D eigenvalue weighted by Gasteiger charge is 1.97. The highest BCUT2D eigenvalue weighted by Crippen LogP contribution is 2.02. The number of hydrogen-bond donors (Lipinski definition) is 1. The largest absolute Gasteiger partial charge is 0.408 e. The second-order valence-corrected chi connectivity index (χ2v) is 2.05. The van der Waals surface area contributed by atoms with Gasteiger partial charge in [-0.15, -0.1) is 5.10 Å². The zero-order valence-electron chi connectivity index (χ0n) is 6.22. The van der Waals surface area contributed by atoms with Crippen molar-refractivity contribution in [3.8, 4) is 0 Å². The molecule has 0 spiro atoms. The molecule has 4 heteroatoms. The fourth-order valence-corrected chi connectivity index (χ4v) is 0.600. The van der Waals surface area contributed by atoms with E-state index in [4.69, 9.17) is 4.42 Å². The molecule has 1 aromatic rings. The summed E-state index contributed by atoms with van der Waals surface area (Å²) in [5.74, 6) is 0.596. The molecular formula is C6H11N3O. The second-order valence-electron chi connectivity index (χ2n) is 2.05. The first-order chi connectivity index (χ1) is 4.83. The molecule has 0 bridgehead atoms. The van der Waals surface area contributed by atoms with Crippen LogP contribution in [-0.2, 0) is 0 Å². The first-order valence-electron chi connectivity index (χ1n) is 3.37. The second kappa shape index (κ2) is 3.20. The molecule has 0 aromatic carbocycles. The third-order valence-electron chi connectivity index (χ3n) is 1.05. The average molecular weight is 141 g/mol. The summed E-state index contributed by atoms with van der Waals surface area (Å²) in [5.41, 5.74) is 0. The van der Waals surface area contributed by atoms with Crippen LogP contribution in [0, 0.1) is 6.92 Å². The number of nitrogens with one attached hydrogen (secondary N) is 1. The van der Waals surface area contributed by atoms with E-state index in [-0.39, 0.29) is 0 Å². The van der Waals surface area contributed by atoms with Gasteiger partial charge in [-0.3, -0.25) is 0 Å². The summed E-state index contributed by atoms with van der Waals surface area (Å²) in [6.45, 7) is 4.72. The van der Waals surface area contributed by atoms with Crippen molar-refractivity contribution in [2.24, 2.45) is 0 Å². The minimum Gasteiger partial charge on any atom is -0.408 e. The lowest BCUT2D eigenvalue weighted by Gasteiger charge is -1.93. The lowest BCUT2D eigenvalue weighted by atomic mass is 10.5. The first kappa shape index (κ1) is 7.05. The van der Waals surface area contributed by atoms with Crippen molar-refractivity contribution >= 4 is 6.01 Å². The van der Waals surface area contributed by atoms with Gasteiger partial charge in [0.25, 0.3) is 0 Å². The quantitative estimate of drug-likeness (QED) is 0.687. The summed E-state index contributed by atoms with van der Waals surface area (Å²) in [6, 6.07) is 0.513. The van der Waals surface area contributed by atoms with Crippen LogP contribution in [0.4, 0.5) is 6.01 Å². The van der Waals surface area contributed by atoms with Gasteiger partial charge in [0.15, 0.2) is 0 Å². The van der Waals surface area contributed by atoms with Crippen molar-refractivity contribution in [1.82, 2.24) is 10.2 Å². The van der Waals surface area contributed by atoms with E-state index in [1.165, 1.54) is 0 Å². The molecule has 0 aliphatic rings. The van der Waals surface area contributed by atoms with Crippen LogP contribution in [0.2, 0.25) is 0 Å². The molecule has 0 unspecified atom stereocenters. The summed E-state index contributed by atoms with van der Waals surface area (Å²) in [5, 5.41) is 10.4. The third-order valence-corrected chi connectivity index (χ3v) is 1.05. The lowest BCUT2D eigenvalue weighted by Crippen LogP contribution is -1.99. The highest BCUT2D eigenvalue weighted by atomic mass is 16.4. The third kappa shape index (κ3) is 1.72. The lowest BCUT2D eigenvalue weighted by molar-refractivity contribution is 0.530. The van der Waals surface area contributed by atoms with Crippen LogP contribution in [0.1, 0.15) is 19.2 Å². The number of aromatic nitrogens is 2. The Kier molecular flexibility index (Phi) is 2.25. The predicted octanol–water partition coefficient (Wildman–Crippen LogP) is 1.20. The summed E-state index contributed by atoms with van der Waals surface area (Å²) < 4.78 is 5.05. The number of rotatable bonds is 3. The normalized spacial score (nSPS) is 9.80. The Balaban J connectivity index is 2.42. The summed E-state index contributed by atoms with van der Waals surface area (Å²) in [7, 11) is 0. The first-order valence-corrected chi connectivity index (χ1v) is 3.37. The van der Waals surface area contributed by atoms with Crippen LogP contribution in [0.15, 0.2) is 4.42 Å². The van der Waals surface area contributed by atoms with Crippen molar-refractivity contribution in [3.05, 3.63) is 5.89 Å². The van der Waals surface area contributed by atoms with Gasteiger partial charge in [0.1, 0.15) is 0 Å². The van der Waals surface area contributed by atoms with Gasteiger partial charge >= 0.3 is 6.01 Å². The Bertz CT molecular complexity index is 197. The number of anilines is 1. The van der Waals surface area contributed by atoms with Crippen molar-refractivity contribution in [2.45, 2.75) is 20.3 Å². The maximum absolute atomic E-state index is 5.05. The molecule has 0 aliphatic carbocycles. The van der Waals surface area contributed by atoms with Crippen LogP contribution < -0.4 is 5.32 Å². The molecule has 0 radical (unpaired) electrons. The van der Waals surface area contributed by atoms with E-state index in [0.717, 1.165) is 13.0 Å². The Morgan fingerprint density at radius 2 is 2.30 bits per heavy atom. The van der Waals surface area contributed by atoms with Crippen molar-refractivity contribution in [3.63, 3.8) is 0 Å². The van der Waals surface area contributed by atoms with E-state index in [0.29, 0.717) is 11.9 Å². The molecule has 1 aromatic heterocycles. The van der Waals surface area contributed by atoms with E-state index < -0.39 is 0 Å². The van der Waals surface area contributed by atoms with Crippen LogP contribution in [0.5, 0.6) is 0 Å². The maximum Gasteiger partial charge on any atom is 0.315 e. The van der Waals surface area contributed by atoms with E-state index in [9.17, 15) is 0 Å². The fourth-order valence-electron chi connectivity index (χ4n) is 0.600. The topological polar surface area (TPSA) is 51.0 Å². The molecule has 0 fully saturated rings. The standard InChI is InChI=1S/C6H11N3O/c1-3-4-7-6-9-8-5(2)10-6/h3-4H2,1-2H3,(H,7,9). The zero-order valence-corrected chi connectivity index (χ0v) is 6.22. The van der Waals surface area contributed by atoms with E-state index in [2.05, 4.69) is 22.4 Å². The van der Waals surface area contributed by atoms with Crippen molar-refractivity contribution in [2.75, 3.05) is 11.9 Å². The van der Waals surface area contributed by atoms with Gasteiger partial charge in [0, 0.05) is 13.5 Å². The Morgan fingerprint density at radius 1 is 1.50 bits per heavy atom. The summed E-state index contributed by atoms with van der Waals surface area (Å²) in [4.78, 5) is 0. The molecule has 0 atom stereocenters. The number of aryl methyl sites for hydroxylation is 1. The molecule has 0 saturated carbocycles. The highest BCUT2D eigenvalue weighted by molar-refractivity contribution is 5.15. The van der Waals surface area contributed by atoms with Crippen LogP contribution >= 0.6 is 0 Å². The SMILES string of the molecule is CCCNc1nnc(C)o1. The predicted molar refractivity (Wildman–Crippen MR) is 37.8 cm³/mol. The van der Waals surface area contributed by atoms with Crippen LogP contribution in [0.25, 0.3) is 0 Å². The molecule has 0 saturated heterocycles. The smallest absolute Gasteiger partial charge is 0.315 e. The van der Waals surface area contributed by atoms with Crippen molar-refractivity contribution < 1.29 is 4.42 Å². The van der Waals surface area contributed by atoms with Gasteiger partial charge in [-0.1, -0.05) is 12.0 Å². The molecule has 1 rings (SSSR count). The van der Waals surface area contributed by atoms with E-state index >= 15 is 0 Å². The van der Waals surface area contributed by atoms with E-state index in [1.807, 2.05) is 0 Å². The van der Waals surface area contributed by atoms with Crippen LogP contribution in [0.3, 0.4) is 0 Å². The fraction of sp³-hybridized carbons (Fsp3) is 0.667. The summed E-state index contributed by atoms with van der Waals surface area (Å²) in [6.07, 6.45) is 1.06. The molecular weight excluding hydrogens is 130 g/mol. The van der Waals surface area contributed by atoms with Crippen LogP contribution in [-0.4, -0.2) is 16.7 Å². The molecule has 1 heterocycles.